The Morgan fingerprint density at radius 3 is 0.790 bits per heavy atom. The standard InChI is InChI=1S/C62H40/c1-3-15-41(16-4-1)43-27-31-45(32-28-43)49-19-7-9-21-51(49)47-35-37-55-56-38-36-48(52-22-10-8-20-50(52)46-33-29-44(30-34-46)42-17-5-2-6-18-42)40-60(56)62-58-26-14-12-24-54(58)53-23-11-13-25-57(53)61(62)59(55)39-47/h1-40H. The van der Waals surface area contributed by atoms with Gasteiger partial charge in [0.25, 0.3) is 0 Å². The number of rotatable bonds is 6. The second-order valence-corrected chi connectivity index (χ2v) is 16.3. The average molecular weight is 785 g/mol. The Morgan fingerprint density at radius 1 is 0.145 bits per heavy atom. The van der Waals surface area contributed by atoms with E-state index in [1.165, 1.54) is 121 Å². The van der Waals surface area contributed by atoms with Crippen LogP contribution in [0.3, 0.4) is 0 Å². The predicted octanol–water partition coefficient (Wildman–Crippen LogP) is 17.5. The van der Waals surface area contributed by atoms with Crippen LogP contribution in [-0.4, -0.2) is 0 Å². The van der Waals surface area contributed by atoms with Crippen LogP contribution < -0.4 is 0 Å². The van der Waals surface area contributed by atoms with Crippen molar-refractivity contribution < 1.29 is 0 Å². The molecule has 288 valence electrons. The molecular formula is C62H40. The van der Waals surface area contributed by atoms with Gasteiger partial charge in [-0.05, 0) is 133 Å². The summed E-state index contributed by atoms with van der Waals surface area (Å²) in [7, 11) is 0. The van der Waals surface area contributed by atoms with Gasteiger partial charge < -0.3 is 0 Å². The smallest absolute Gasteiger partial charge is 0.00137 e. The fourth-order valence-corrected chi connectivity index (χ4v) is 9.93. The maximum atomic E-state index is 2.46. The van der Waals surface area contributed by atoms with E-state index in [0.29, 0.717) is 0 Å². The van der Waals surface area contributed by atoms with Gasteiger partial charge in [-0.3, -0.25) is 0 Å². The van der Waals surface area contributed by atoms with Crippen LogP contribution in [-0.2, 0) is 0 Å². The van der Waals surface area contributed by atoms with Crippen molar-refractivity contribution >= 4 is 53.9 Å². The fourth-order valence-electron chi connectivity index (χ4n) is 9.93. The third kappa shape index (κ3) is 5.99. The molecule has 0 heteroatoms. The van der Waals surface area contributed by atoms with Crippen LogP contribution in [0.15, 0.2) is 243 Å². The van der Waals surface area contributed by atoms with E-state index in [9.17, 15) is 0 Å². The molecule has 0 aliphatic rings. The molecule has 12 aromatic carbocycles. The summed E-state index contributed by atoms with van der Waals surface area (Å²) in [5.41, 5.74) is 14.6. The first-order valence-electron chi connectivity index (χ1n) is 21.5. The van der Waals surface area contributed by atoms with Gasteiger partial charge in [-0.2, -0.15) is 0 Å². The van der Waals surface area contributed by atoms with Crippen molar-refractivity contribution in [2.24, 2.45) is 0 Å². The topological polar surface area (TPSA) is 0 Å². The van der Waals surface area contributed by atoms with E-state index in [4.69, 9.17) is 0 Å². The number of hydrogen-bond acceptors (Lipinski definition) is 0. The summed E-state index contributed by atoms with van der Waals surface area (Å²) in [6.07, 6.45) is 0. The van der Waals surface area contributed by atoms with E-state index in [1.54, 1.807) is 0 Å². The molecule has 0 amide bonds. The van der Waals surface area contributed by atoms with Crippen molar-refractivity contribution in [3.05, 3.63) is 243 Å². The molecule has 0 spiro atoms. The van der Waals surface area contributed by atoms with Gasteiger partial charge in [-0.1, -0.05) is 231 Å². The molecule has 0 heterocycles. The maximum Gasteiger partial charge on any atom is -0.00137 e. The van der Waals surface area contributed by atoms with Gasteiger partial charge in [0.15, 0.2) is 0 Å². The molecule has 0 nitrogen and oxygen atoms in total. The third-order valence-corrected chi connectivity index (χ3v) is 12.9. The van der Waals surface area contributed by atoms with Gasteiger partial charge in [-0.25, -0.2) is 0 Å². The number of benzene rings is 12. The van der Waals surface area contributed by atoms with E-state index in [-0.39, 0.29) is 0 Å². The van der Waals surface area contributed by atoms with E-state index in [0.717, 1.165) is 0 Å². The summed E-state index contributed by atoms with van der Waals surface area (Å²) in [6, 6.07) is 89.2. The second-order valence-electron chi connectivity index (χ2n) is 16.3. The lowest BCUT2D eigenvalue weighted by Crippen LogP contribution is -1.91. The molecule has 0 fully saturated rings. The lowest BCUT2D eigenvalue weighted by atomic mass is 9.84. The Labute approximate surface area is 361 Å². The van der Waals surface area contributed by atoms with Crippen molar-refractivity contribution in [3.63, 3.8) is 0 Å². The Balaban J connectivity index is 1.07. The Bertz CT molecular complexity index is 3390. The van der Waals surface area contributed by atoms with E-state index in [2.05, 4.69) is 243 Å². The lowest BCUT2D eigenvalue weighted by Gasteiger charge is -2.19. The minimum absolute atomic E-state index is 1.21. The van der Waals surface area contributed by atoms with Crippen molar-refractivity contribution in [1.29, 1.82) is 0 Å². The maximum absolute atomic E-state index is 2.46. The summed E-state index contributed by atoms with van der Waals surface area (Å²) >= 11 is 0. The first-order valence-corrected chi connectivity index (χ1v) is 21.5. The lowest BCUT2D eigenvalue weighted by molar-refractivity contribution is 1.58. The number of fused-ring (bicyclic) bond motifs is 11. The highest BCUT2D eigenvalue weighted by Gasteiger charge is 2.19. The molecule has 0 N–H and O–H groups in total. The molecule has 12 rings (SSSR count). The summed E-state index contributed by atoms with van der Waals surface area (Å²) in [5.74, 6) is 0. The van der Waals surface area contributed by atoms with Crippen molar-refractivity contribution in [1.82, 2.24) is 0 Å². The van der Waals surface area contributed by atoms with Gasteiger partial charge in [0.1, 0.15) is 0 Å². The minimum atomic E-state index is 1.21. The molecular weight excluding hydrogens is 745 g/mol. The molecule has 0 aliphatic carbocycles. The molecule has 0 unspecified atom stereocenters. The quantitative estimate of drug-likeness (QED) is 0.147. The molecule has 62 heavy (non-hydrogen) atoms. The number of hydrogen-bond donors (Lipinski definition) is 0. The highest BCUT2D eigenvalue weighted by Crippen LogP contribution is 2.47. The molecule has 0 saturated carbocycles. The van der Waals surface area contributed by atoms with Crippen LogP contribution in [0.25, 0.3) is 121 Å². The van der Waals surface area contributed by atoms with Gasteiger partial charge in [0.2, 0.25) is 0 Å². The van der Waals surface area contributed by atoms with Gasteiger partial charge in [-0.15, -0.1) is 0 Å². The normalized spacial score (nSPS) is 11.5. The van der Waals surface area contributed by atoms with Crippen LogP contribution in [0.4, 0.5) is 0 Å². The van der Waals surface area contributed by atoms with Crippen LogP contribution in [0.1, 0.15) is 0 Å². The highest BCUT2D eigenvalue weighted by atomic mass is 14.2. The first kappa shape index (κ1) is 35.8. The monoisotopic (exact) mass is 784 g/mol. The SMILES string of the molecule is c1ccc(-c2ccc(-c3ccccc3-c3ccc4c5ccc(-c6ccccc6-c6ccc(-c7ccccc7)cc6)cc5c5c6ccccc6c6ccccc6c5c4c3)cc2)cc1. The summed E-state index contributed by atoms with van der Waals surface area (Å²) < 4.78 is 0. The molecule has 0 atom stereocenters. The zero-order valence-corrected chi connectivity index (χ0v) is 34.1. The Kier molecular flexibility index (Phi) is 8.61. The highest BCUT2D eigenvalue weighted by molar-refractivity contribution is 6.39. The van der Waals surface area contributed by atoms with Crippen LogP contribution in [0, 0.1) is 0 Å². The van der Waals surface area contributed by atoms with Crippen molar-refractivity contribution in [2.75, 3.05) is 0 Å². The molecule has 0 radical (unpaired) electrons. The molecule has 0 bridgehead atoms. The van der Waals surface area contributed by atoms with E-state index in [1.807, 2.05) is 0 Å². The van der Waals surface area contributed by atoms with Crippen molar-refractivity contribution in [3.8, 4) is 66.8 Å². The second kappa shape index (κ2) is 14.9. The van der Waals surface area contributed by atoms with Crippen molar-refractivity contribution in [2.45, 2.75) is 0 Å². The Hall–Kier alpha value is -8.06. The largest absolute Gasteiger partial charge is 0.0622 e. The summed E-state index contributed by atoms with van der Waals surface area (Å²) in [4.78, 5) is 0. The first-order chi connectivity index (χ1) is 30.8. The zero-order chi connectivity index (χ0) is 41.0. The third-order valence-electron chi connectivity index (χ3n) is 12.9. The van der Waals surface area contributed by atoms with Crippen LogP contribution >= 0.6 is 0 Å². The molecule has 0 aromatic heterocycles. The Morgan fingerprint density at radius 2 is 0.403 bits per heavy atom. The van der Waals surface area contributed by atoms with E-state index < -0.39 is 0 Å². The molecule has 0 saturated heterocycles. The zero-order valence-electron chi connectivity index (χ0n) is 34.1. The van der Waals surface area contributed by atoms with Crippen LogP contribution in [0.2, 0.25) is 0 Å². The molecule has 0 aliphatic heterocycles. The molecule has 12 aromatic rings. The fraction of sp³-hybridized carbons (Fsp3) is 0. The van der Waals surface area contributed by atoms with Gasteiger partial charge in [0.05, 0.1) is 0 Å². The van der Waals surface area contributed by atoms with Gasteiger partial charge in [0, 0.05) is 0 Å². The van der Waals surface area contributed by atoms with Gasteiger partial charge >= 0.3 is 0 Å². The summed E-state index contributed by atoms with van der Waals surface area (Å²) in [5, 5.41) is 12.8. The van der Waals surface area contributed by atoms with E-state index >= 15 is 0 Å². The average Bonchev–Trinajstić information content (AvgIpc) is 3.36. The van der Waals surface area contributed by atoms with Crippen LogP contribution in [0.5, 0.6) is 0 Å². The minimum Gasteiger partial charge on any atom is -0.0622 e. The summed E-state index contributed by atoms with van der Waals surface area (Å²) in [6.45, 7) is 0. The predicted molar refractivity (Wildman–Crippen MR) is 267 cm³/mol.